The largest absolute Gasteiger partial charge is 0.349 e. The van der Waals surface area contributed by atoms with Gasteiger partial charge in [0, 0.05) is 5.69 Å². The van der Waals surface area contributed by atoms with Gasteiger partial charge in [0.1, 0.15) is 0 Å². The number of anilines is 2. The Morgan fingerprint density at radius 1 is 1.11 bits per heavy atom. The summed E-state index contributed by atoms with van der Waals surface area (Å²) in [7, 11) is 0. The normalized spacial score (nSPS) is 11.8. The van der Waals surface area contributed by atoms with E-state index in [-0.39, 0.29) is 11.9 Å². The number of carbonyl (C=O) groups excluding carboxylic acids is 1. The molecule has 0 unspecified atom stereocenters. The molecule has 2 N–H and O–H groups in total. The van der Waals surface area contributed by atoms with Gasteiger partial charge in [0.25, 0.3) is 0 Å². The molecular formula is C21H24N4OS2. The van der Waals surface area contributed by atoms with Crippen molar-refractivity contribution in [2.24, 2.45) is 0 Å². The summed E-state index contributed by atoms with van der Waals surface area (Å²) in [4.78, 5) is 12.4. The van der Waals surface area contributed by atoms with E-state index in [1.165, 1.54) is 28.7 Å². The minimum Gasteiger partial charge on any atom is -0.349 e. The smallest absolute Gasteiger partial charge is 0.230 e. The van der Waals surface area contributed by atoms with Gasteiger partial charge in [-0.1, -0.05) is 78.1 Å². The molecule has 0 radical (unpaired) electrons. The van der Waals surface area contributed by atoms with Crippen molar-refractivity contribution in [2.75, 3.05) is 11.1 Å². The molecule has 5 nitrogen and oxygen atoms in total. The van der Waals surface area contributed by atoms with Gasteiger partial charge in [0.05, 0.1) is 11.8 Å². The Labute approximate surface area is 174 Å². The summed E-state index contributed by atoms with van der Waals surface area (Å²) in [6.07, 6.45) is 0.850. The van der Waals surface area contributed by atoms with Crippen molar-refractivity contribution in [1.29, 1.82) is 0 Å². The number of aromatic nitrogens is 2. The van der Waals surface area contributed by atoms with Gasteiger partial charge in [-0.15, -0.1) is 10.2 Å². The number of hydrogen-bond donors (Lipinski definition) is 2. The number of carbonyl (C=O) groups is 1. The van der Waals surface area contributed by atoms with E-state index in [0.717, 1.165) is 32.7 Å². The fourth-order valence-corrected chi connectivity index (χ4v) is 4.31. The Hall–Kier alpha value is -2.38. The van der Waals surface area contributed by atoms with Gasteiger partial charge in [-0.25, -0.2) is 0 Å². The van der Waals surface area contributed by atoms with Crippen LogP contribution in [0.25, 0.3) is 0 Å². The second kappa shape index (κ2) is 9.71. The van der Waals surface area contributed by atoms with E-state index in [0.29, 0.717) is 5.75 Å². The Morgan fingerprint density at radius 3 is 2.57 bits per heavy atom. The van der Waals surface area contributed by atoms with Crippen LogP contribution in [0.2, 0.25) is 0 Å². The van der Waals surface area contributed by atoms with Crippen molar-refractivity contribution >= 4 is 39.8 Å². The van der Waals surface area contributed by atoms with Crippen LogP contribution in [-0.4, -0.2) is 21.9 Å². The third kappa shape index (κ3) is 5.56. The van der Waals surface area contributed by atoms with Crippen molar-refractivity contribution in [3.63, 3.8) is 0 Å². The van der Waals surface area contributed by atoms with Gasteiger partial charge in [0.15, 0.2) is 4.34 Å². The molecule has 146 valence electrons. The first-order valence-electron chi connectivity index (χ1n) is 9.20. The third-order valence-corrected chi connectivity index (χ3v) is 6.32. The number of thioether (sulfide) groups is 1. The van der Waals surface area contributed by atoms with Crippen LogP contribution in [0.1, 0.15) is 36.1 Å². The molecule has 2 aromatic carbocycles. The topological polar surface area (TPSA) is 66.9 Å². The first-order valence-corrected chi connectivity index (χ1v) is 11.0. The van der Waals surface area contributed by atoms with E-state index in [1.807, 2.05) is 31.2 Å². The zero-order valence-electron chi connectivity index (χ0n) is 16.2. The van der Waals surface area contributed by atoms with E-state index >= 15 is 0 Å². The van der Waals surface area contributed by atoms with Crippen LogP contribution in [0.3, 0.4) is 0 Å². The number of nitrogens with one attached hydrogen (secondary N) is 2. The van der Waals surface area contributed by atoms with Crippen LogP contribution in [0.4, 0.5) is 10.8 Å². The van der Waals surface area contributed by atoms with Gasteiger partial charge in [-0.2, -0.15) is 0 Å². The molecule has 0 fully saturated rings. The number of nitrogens with zero attached hydrogens (tertiary/aromatic N) is 2. The Balaban J connectivity index is 1.52. The first-order chi connectivity index (χ1) is 13.5. The van der Waals surface area contributed by atoms with E-state index in [4.69, 9.17) is 0 Å². The third-order valence-electron chi connectivity index (χ3n) is 4.34. The maximum absolute atomic E-state index is 12.4. The fourth-order valence-electron chi connectivity index (χ4n) is 2.73. The van der Waals surface area contributed by atoms with Crippen molar-refractivity contribution in [3.05, 3.63) is 65.2 Å². The lowest BCUT2D eigenvalue weighted by Crippen LogP contribution is -2.29. The summed E-state index contributed by atoms with van der Waals surface area (Å²) in [5.74, 6) is 0.322. The Kier molecular flexibility index (Phi) is 7.06. The predicted octanol–water partition coefficient (Wildman–Crippen LogP) is 5.26. The van der Waals surface area contributed by atoms with E-state index in [9.17, 15) is 4.79 Å². The van der Waals surface area contributed by atoms with Gasteiger partial charge in [-0.3, -0.25) is 4.79 Å². The number of hydrogen-bond acceptors (Lipinski definition) is 6. The summed E-state index contributed by atoms with van der Waals surface area (Å²) >= 11 is 2.86. The van der Waals surface area contributed by atoms with Gasteiger partial charge in [-0.05, 0) is 37.5 Å². The minimum atomic E-state index is 0.000961. The maximum Gasteiger partial charge on any atom is 0.230 e. The monoisotopic (exact) mass is 412 g/mol. The molecular weight excluding hydrogens is 388 g/mol. The van der Waals surface area contributed by atoms with Crippen molar-refractivity contribution < 1.29 is 4.79 Å². The summed E-state index contributed by atoms with van der Waals surface area (Å²) < 4.78 is 0.773. The zero-order valence-corrected chi connectivity index (χ0v) is 17.9. The van der Waals surface area contributed by atoms with E-state index < -0.39 is 0 Å². The quantitative estimate of drug-likeness (QED) is 0.494. The lowest BCUT2D eigenvalue weighted by molar-refractivity contribution is -0.119. The molecule has 0 aliphatic rings. The standard InChI is InChI=1S/C21H24N4OS2/c1-4-17(16-11-9-14(2)10-12-16)22-19(26)13-27-21-25-24-20(28-21)23-18-8-6-5-7-15(18)3/h5-12,17H,4,13H2,1-3H3,(H,22,26)(H,23,24)/t17-/m0/s1. The number of rotatable bonds is 8. The molecule has 0 saturated heterocycles. The highest BCUT2D eigenvalue weighted by Crippen LogP contribution is 2.28. The van der Waals surface area contributed by atoms with Crippen LogP contribution in [0.5, 0.6) is 0 Å². The second-order valence-electron chi connectivity index (χ2n) is 6.54. The maximum atomic E-state index is 12.4. The Bertz CT molecular complexity index is 924. The number of benzene rings is 2. The molecule has 1 amide bonds. The first kappa shape index (κ1) is 20.4. The lowest BCUT2D eigenvalue weighted by atomic mass is 10.0. The highest BCUT2D eigenvalue weighted by atomic mass is 32.2. The molecule has 0 bridgehead atoms. The number of aryl methyl sites for hydroxylation is 2. The Morgan fingerprint density at radius 2 is 1.86 bits per heavy atom. The molecule has 1 atom stereocenters. The molecule has 3 rings (SSSR count). The van der Waals surface area contributed by atoms with Crippen molar-refractivity contribution in [1.82, 2.24) is 15.5 Å². The molecule has 0 aliphatic heterocycles. The molecule has 1 heterocycles. The summed E-state index contributed by atoms with van der Waals surface area (Å²) in [6.45, 7) is 6.18. The number of amides is 1. The summed E-state index contributed by atoms with van der Waals surface area (Å²) in [6, 6.07) is 16.4. The summed E-state index contributed by atoms with van der Waals surface area (Å²) in [5.41, 5.74) is 4.50. The summed E-state index contributed by atoms with van der Waals surface area (Å²) in [5, 5.41) is 15.5. The van der Waals surface area contributed by atoms with Crippen LogP contribution in [0.15, 0.2) is 52.9 Å². The van der Waals surface area contributed by atoms with Crippen LogP contribution in [-0.2, 0) is 4.79 Å². The molecule has 7 heteroatoms. The number of para-hydroxylation sites is 1. The van der Waals surface area contributed by atoms with E-state index in [1.54, 1.807) is 0 Å². The lowest BCUT2D eigenvalue weighted by Gasteiger charge is -2.17. The van der Waals surface area contributed by atoms with E-state index in [2.05, 4.69) is 58.9 Å². The molecule has 28 heavy (non-hydrogen) atoms. The average molecular weight is 413 g/mol. The van der Waals surface area contributed by atoms with Gasteiger partial charge < -0.3 is 10.6 Å². The second-order valence-corrected chi connectivity index (χ2v) is 8.74. The highest BCUT2D eigenvalue weighted by molar-refractivity contribution is 8.01. The zero-order chi connectivity index (χ0) is 19.9. The van der Waals surface area contributed by atoms with Crippen LogP contribution < -0.4 is 10.6 Å². The highest BCUT2D eigenvalue weighted by Gasteiger charge is 2.14. The molecule has 3 aromatic rings. The minimum absolute atomic E-state index is 0.000961. The van der Waals surface area contributed by atoms with Crippen LogP contribution in [0, 0.1) is 13.8 Å². The van der Waals surface area contributed by atoms with Crippen molar-refractivity contribution in [3.8, 4) is 0 Å². The molecule has 0 spiro atoms. The van der Waals surface area contributed by atoms with Gasteiger partial charge in [0.2, 0.25) is 11.0 Å². The molecule has 0 aliphatic carbocycles. The van der Waals surface area contributed by atoms with Gasteiger partial charge >= 0.3 is 0 Å². The average Bonchev–Trinajstić information content (AvgIpc) is 3.14. The van der Waals surface area contributed by atoms with Crippen LogP contribution >= 0.6 is 23.1 Å². The SMILES string of the molecule is CC[C@H](NC(=O)CSc1nnc(Nc2ccccc2C)s1)c1ccc(C)cc1. The predicted molar refractivity (Wildman–Crippen MR) is 117 cm³/mol. The molecule has 1 aromatic heterocycles. The van der Waals surface area contributed by atoms with Crippen molar-refractivity contribution in [2.45, 2.75) is 37.6 Å². The fraction of sp³-hybridized carbons (Fsp3) is 0.286. The molecule has 0 saturated carbocycles.